The van der Waals surface area contributed by atoms with E-state index < -0.39 is 5.60 Å². The standard InChI is InChI=1S/C14H25NO2/c1-15-8-6-14(16,7-9-15)12-3-10-17-13(11-12)4-2-5-13/h12,16H,2-11H2,1H3. The smallest absolute Gasteiger partial charge is 0.0702 e. The largest absolute Gasteiger partial charge is 0.389 e. The SMILES string of the molecule is CN1CCC(O)(C2CCOC3(CCC3)C2)CC1. The first-order valence-electron chi connectivity index (χ1n) is 7.17. The van der Waals surface area contributed by atoms with Crippen molar-refractivity contribution in [1.82, 2.24) is 4.90 Å². The Morgan fingerprint density at radius 1 is 1.18 bits per heavy atom. The van der Waals surface area contributed by atoms with Gasteiger partial charge in [0.1, 0.15) is 0 Å². The Balaban J connectivity index is 1.66. The molecule has 98 valence electrons. The Kier molecular flexibility index (Phi) is 2.96. The lowest BCUT2D eigenvalue weighted by molar-refractivity contribution is -0.182. The van der Waals surface area contributed by atoms with E-state index in [0.29, 0.717) is 5.92 Å². The van der Waals surface area contributed by atoms with Crippen molar-refractivity contribution in [2.24, 2.45) is 5.92 Å². The van der Waals surface area contributed by atoms with Crippen LogP contribution in [0.25, 0.3) is 0 Å². The molecule has 2 heterocycles. The molecule has 3 rings (SSSR count). The number of piperidine rings is 1. The van der Waals surface area contributed by atoms with Gasteiger partial charge in [0.05, 0.1) is 11.2 Å². The number of hydrogen-bond acceptors (Lipinski definition) is 3. The van der Waals surface area contributed by atoms with Crippen molar-refractivity contribution in [1.29, 1.82) is 0 Å². The van der Waals surface area contributed by atoms with Gasteiger partial charge in [-0.3, -0.25) is 0 Å². The molecule has 1 aliphatic carbocycles. The summed E-state index contributed by atoms with van der Waals surface area (Å²) in [5.41, 5.74) is -0.235. The second-order valence-electron chi connectivity index (χ2n) is 6.48. The van der Waals surface area contributed by atoms with Gasteiger partial charge < -0.3 is 14.7 Å². The van der Waals surface area contributed by atoms with Crippen molar-refractivity contribution in [3.8, 4) is 0 Å². The molecular formula is C14H25NO2. The van der Waals surface area contributed by atoms with Gasteiger partial charge in [-0.15, -0.1) is 0 Å². The van der Waals surface area contributed by atoms with E-state index in [9.17, 15) is 5.11 Å². The van der Waals surface area contributed by atoms with Gasteiger partial charge in [-0.2, -0.15) is 0 Å². The fourth-order valence-corrected chi connectivity index (χ4v) is 3.82. The molecule has 0 aromatic carbocycles. The third kappa shape index (κ3) is 2.13. The zero-order valence-corrected chi connectivity index (χ0v) is 11.0. The molecule has 3 aliphatic rings. The number of aliphatic hydroxyl groups is 1. The molecule has 0 radical (unpaired) electrons. The Morgan fingerprint density at radius 3 is 2.47 bits per heavy atom. The van der Waals surface area contributed by atoms with E-state index in [4.69, 9.17) is 4.74 Å². The van der Waals surface area contributed by atoms with Crippen LogP contribution < -0.4 is 0 Å². The highest BCUT2D eigenvalue weighted by molar-refractivity contribution is 5.00. The van der Waals surface area contributed by atoms with Crippen LogP contribution >= 0.6 is 0 Å². The minimum atomic E-state index is -0.404. The number of hydrogen-bond donors (Lipinski definition) is 1. The molecule has 2 saturated heterocycles. The molecule has 1 N–H and O–H groups in total. The maximum atomic E-state index is 10.9. The second kappa shape index (κ2) is 4.22. The van der Waals surface area contributed by atoms with Crippen LogP contribution in [0.15, 0.2) is 0 Å². The average molecular weight is 239 g/mol. The predicted octanol–water partition coefficient (Wildman–Crippen LogP) is 1.79. The molecule has 3 heteroatoms. The van der Waals surface area contributed by atoms with E-state index >= 15 is 0 Å². The van der Waals surface area contributed by atoms with Gasteiger partial charge in [0, 0.05) is 19.7 Å². The van der Waals surface area contributed by atoms with Gasteiger partial charge in [0.25, 0.3) is 0 Å². The maximum Gasteiger partial charge on any atom is 0.0702 e. The van der Waals surface area contributed by atoms with Gasteiger partial charge in [-0.05, 0) is 57.9 Å². The second-order valence-corrected chi connectivity index (χ2v) is 6.48. The highest BCUT2D eigenvalue weighted by Gasteiger charge is 2.49. The normalized spacial score (nSPS) is 36.7. The van der Waals surface area contributed by atoms with Crippen molar-refractivity contribution in [3.63, 3.8) is 0 Å². The Bertz CT molecular complexity index is 280. The van der Waals surface area contributed by atoms with Crippen molar-refractivity contribution in [2.45, 2.75) is 56.1 Å². The third-order valence-corrected chi connectivity index (χ3v) is 5.37. The molecule has 17 heavy (non-hydrogen) atoms. The molecule has 0 bridgehead atoms. The molecule has 0 amide bonds. The highest BCUT2D eigenvalue weighted by Crippen LogP contribution is 2.48. The van der Waals surface area contributed by atoms with Crippen LogP contribution in [0.2, 0.25) is 0 Å². The molecule has 2 aliphatic heterocycles. The summed E-state index contributed by atoms with van der Waals surface area (Å²) in [7, 11) is 2.15. The van der Waals surface area contributed by atoms with Gasteiger partial charge in [-0.25, -0.2) is 0 Å². The topological polar surface area (TPSA) is 32.7 Å². The molecule has 0 aromatic heterocycles. The summed E-state index contributed by atoms with van der Waals surface area (Å²) >= 11 is 0. The molecular weight excluding hydrogens is 214 g/mol. The summed E-state index contributed by atoms with van der Waals surface area (Å²) in [6.07, 6.45) is 7.82. The maximum absolute atomic E-state index is 10.9. The van der Waals surface area contributed by atoms with E-state index in [-0.39, 0.29) is 5.60 Å². The number of ether oxygens (including phenoxy) is 1. The molecule has 3 fully saturated rings. The molecule has 1 unspecified atom stereocenters. The lowest BCUT2D eigenvalue weighted by atomic mass is 9.66. The highest BCUT2D eigenvalue weighted by atomic mass is 16.5. The van der Waals surface area contributed by atoms with Crippen LogP contribution in [0.1, 0.15) is 44.9 Å². The summed E-state index contributed by atoms with van der Waals surface area (Å²) < 4.78 is 5.97. The molecule has 1 atom stereocenters. The van der Waals surface area contributed by atoms with Crippen LogP contribution in [-0.2, 0) is 4.74 Å². The van der Waals surface area contributed by atoms with Crippen molar-refractivity contribution < 1.29 is 9.84 Å². The summed E-state index contributed by atoms with van der Waals surface area (Å²) in [5, 5.41) is 10.9. The Hall–Kier alpha value is -0.120. The first kappa shape index (κ1) is 11.9. The summed E-state index contributed by atoms with van der Waals surface area (Å²) in [4.78, 5) is 2.33. The van der Waals surface area contributed by atoms with Crippen molar-refractivity contribution in [3.05, 3.63) is 0 Å². The minimum absolute atomic E-state index is 0.169. The minimum Gasteiger partial charge on any atom is -0.389 e. The predicted molar refractivity (Wildman–Crippen MR) is 66.9 cm³/mol. The third-order valence-electron chi connectivity index (χ3n) is 5.37. The summed E-state index contributed by atoms with van der Waals surface area (Å²) in [6, 6.07) is 0. The van der Waals surface area contributed by atoms with Gasteiger partial charge in [-0.1, -0.05) is 0 Å². The zero-order valence-electron chi connectivity index (χ0n) is 11.0. The van der Waals surface area contributed by atoms with Crippen LogP contribution in [0.5, 0.6) is 0 Å². The van der Waals surface area contributed by atoms with Crippen molar-refractivity contribution >= 4 is 0 Å². The van der Waals surface area contributed by atoms with Crippen molar-refractivity contribution in [2.75, 3.05) is 26.7 Å². The van der Waals surface area contributed by atoms with E-state index in [1.807, 2.05) is 0 Å². The van der Waals surface area contributed by atoms with Crippen LogP contribution in [0.3, 0.4) is 0 Å². The van der Waals surface area contributed by atoms with Gasteiger partial charge >= 0.3 is 0 Å². The van der Waals surface area contributed by atoms with E-state index in [1.54, 1.807) is 0 Å². The number of rotatable bonds is 1. The van der Waals surface area contributed by atoms with Crippen LogP contribution in [0, 0.1) is 5.92 Å². The van der Waals surface area contributed by atoms with Gasteiger partial charge in [0.2, 0.25) is 0 Å². The molecule has 1 spiro atoms. The quantitative estimate of drug-likeness (QED) is 0.757. The number of likely N-dealkylation sites (tertiary alicyclic amines) is 1. The lowest BCUT2D eigenvalue weighted by Crippen LogP contribution is -2.54. The molecule has 3 nitrogen and oxygen atoms in total. The monoisotopic (exact) mass is 239 g/mol. The summed E-state index contributed by atoms with van der Waals surface area (Å²) in [5.74, 6) is 0.477. The first-order chi connectivity index (χ1) is 8.12. The molecule has 1 saturated carbocycles. The Labute approximate surface area is 104 Å². The lowest BCUT2D eigenvalue weighted by Gasteiger charge is -2.52. The fourth-order valence-electron chi connectivity index (χ4n) is 3.82. The number of nitrogens with zero attached hydrogens (tertiary/aromatic N) is 1. The van der Waals surface area contributed by atoms with Crippen LogP contribution in [-0.4, -0.2) is 48.0 Å². The zero-order chi connectivity index (χ0) is 11.9. The summed E-state index contributed by atoms with van der Waals surface area (Å²) in [6.45, 7) is 2.95. The van der Waals surface area contributed by atoms with E-state index in [0.717, 1.165) is 45.4 Å². The Morgan fingerprint density at radius 2 is 1.88 bits per heavy atom. The average Bonchev–Trinajstić information content (AvgIpc) is 2.31. The van der Waals surface area contributed by atoms with E-state index in [1.165, 1.54) is 19.3 Å². The first-order valence-corrected chi connectivity index (χ1v) is 7.17. The fraction of sp³-hybridized carbons (Fsp3) is 1.00. The van der Waals surface area contributed by atoms with Gasteiger partial charge in [0.15, 0.2) is 0 Å². The van der Waals surface area contributed by atoms with E-state index in [2.05, 4.69) is 11.9 Å². The van der Waals surface area contributed by atoms with Crippen LogP contribution in [0.4, 0.5) is 0 Å². The molecule has 0 aromatic rings.